The van der Waals surface area contributed by atoms with E-state index in [-0.39, 0.29) is 18.4 Å². The molecule has 1 heterocycles. The first-order valence-corrected chi connectivity index (χ1v) is 8.08. The van der Waals surface area contributed by atoms with Gasteiger partial charge in [-0.1, -0.05) is 48.5 Å². The monoisotopic (exact) mass is 324 g/mol. The number of carbonyl (C=O) groups is 2. The van der Waals surface area contributed by atoms with Crippen LogP contribution in [-0.2, 0) is 4.79 Å². The summed E-state index contributed by atoms with van der Waals surface area (Å²) in [5.74, 6) is -0.688. The minimum Gasteiger partial charge on any atom is -0.481 e. The Hall–Kier alpha value is -2.82. The van der Waals surface area contributed by atoms with Gasteiger partial charge in [0, 0.05) is 31.1 Å². The molecule has 0 bridgehead atoms. The van der Waals surface area contributed by atoms with Crippen molar-refractivity contribution in [1.82, 2.24) is 5.32 Å². The van der Waals surface area contributed by atoms with Gasteiger partial charge in [0.15, 0.2) is 0 Å². The number of fused-ring (bicyclic) bond motifs is 1. The molecule has 5 heteroatoms. The number of urea groups is 1. The number of hydrogen-bond acceptors (Lipinski definition) is 2. The first kappa shape index (κ1) is 16.1. The number of para-hydroxylation sites is 1. The summed E-state index contributed by atoms with van der Waals surface area (Å²) in [4.78, 5) is 24.8. The van der Waals surface area contributed by atoms with Crippen molar-refractivity contribution in [2.75, 3.05) is 18.0 Å². The molecule has 24 heavy (non-hydrogen) atoms. The van der Waals surface area contributed by atoms with E-state index in [0.717, 1.165) is 11.3 Å². The van der Waals surface area contributed by atoms with E-state index < -0.39 is 5.97 Å². The molecule has 0 radical (unpaired) electrons. The number of carboxylic acids is 1. The van der Waals surface area contributed by atoms with Crippen LogP contribution in [0.1, 0.15) is 29.9 Å². The van der Waals surface area contributed by atoms with Crippen LogP contribution in [0, 0.1) is 0 Å². The maximum absolute atomic E-state index is 12.5. The molecule has 0 fully saturated rings. The lowest BCUT2D eigenvalue weighted by atomic mass is 9.93. The summed E-state index contributed by atoms with van der Waals surface area (Å²) in [7, 11) is 0. The van der Waals surface area contributed by atoms with Gasteiger partial charge >= 0.3 is 12.0 Å². The van der Waals surface area contributed by atoms with Gasteiger partial charge in [-0.2, -0.15) is 0 Å². The van der Waals surface area contributed by atoms with Crippen LogP contribution in [0.3, 0.4) is 0 Å². The highest BCUT2D eigenvalue weighted by atomic mass is 16.4. The lowest BCUT2D eigenvalue weighted by molar-refractivity contribution is -0.137. The Labute approximate surface area is 140 Å². The molecule has 0 spiro atoms. The summed E-state index contributed by atoms with van der Waals surface area (Å²) in [6.45, 7) is 0.952. The number of amides is 2. The third-order valence-corrected chi connectivity index (χ3v) is 4.26. The molecule has 1 aliphatic rings. The molecule has 1 aliphatic heterocycles. The van der Waals surface area contributed by atoms with Crippen LogP contribution in [-0.4, -0.2) is 30.2 Å². The lowest BCUT2D eigenvalue weighted by Crippen LogP contribution is -2.40. The van der Waals surface area contributed by atoms with Gasteiger partial charge in [-0.15, -0.1) is 0 Å². The van der Waals surface area contributed by atoms with Crippen molar-refractivity contribution in [2.45, 2.75) is 18.8 Å². The van der Waals surface area contributed by atoms with Crippen molar-refractivity contribution < 1.29 is 14.7 Å². The predicted octanol–water partition coefficient (Wildman–Crippen LogP) is 3.21. The zero-order chi connectivity index (χ0) is 16.9. The van der Waals surface area contributed by atoms with Gasteiger partial charge in [0.2, 0.25) is 0 Å². The van der Waals surface area contributed by atoms with Gasteiger partial charge in [-0.3, -0.25) is 9.69 Å². The third kappa shape index (κ3) is 3.40. The highest BCUT2D eigenvalue weighted by Crippen LogP contribution is 2.39. The molecule has 0 saturated heterocycles. The predicted molar refractivity (Wildman–Crippen MR) is 92.3 cm³/mol. The minimum absolute atomic E-state index is 0.0590. The molecule has 0 aliphatic carbocycles. The Morgan fingerprint density at radius 3 is 2.54 bits per heavy atom. The molecule has 3 rings (SSSR count). The third-order valence-electron chi connectivity index (χ3n) is 4.26. The molecule has 1 unspecified atom stereocenters. The quantitative estimate of drug-likeness (QED) is 0.830. The zero-order valence-electron chi connectivity index (χ0n) is 13.3. The summed E-state index contributed by atoms with van der Waals surface area (Å²) >= 11 is 0. The second kappa shape index (κ2) is 7.17. The summed E-state index contributed by atoms with van der Waals surface area (Å²) in [6.07, 6.45) is 0.488. The number of anilines is 1. The molecular weight excluding hydrogens is 304 g/mol. The van der Waals surface area contributed by atoms with E-state index in [1.807, 2.05) is 36.4 Å². The number of aliphatic carboxylic acids is 1. The van der Waals surface area contributed by atoms with E-state index in [4.69, 9.17) is 5.11 Å². The fraction of sp³-hybridized carbons (Fsp3) is 0.263. The van der Waals surface area contributed by atoms with Gasteiger partial charge in [0.05, 0.1) is 0 Å². The average molecular weight is 324 g/mol. The molecule has 1 atom stereocenters. The van der Waals surface area contributed by atoms with Crippen LogP contribution in [0.2, 0.25) is 0 Å². The fourth-order valence-corrected chi connectivity index (χ4v) is 3.10. The molecule has 5 nitrogen and oxygen atoms in total. The summed E-state index contributed by atoms with van der Waals surface area (Å²) in [5, 5.41) is 11.5. The molecule has 0 saturated carbocycles. The van der Waals surface area contributed by atoms with Gasteiger partial charge in [-0.25, -0.2) is 4.79 Å². The summed E-state index contributed by atoms with van der Waals surface area (Å²) < 4.78 is 0. The molecule has 2 aromatic carbocycles. The highest BCUT2D eigenvalue weighted by Gasteiger charge is 2.32. The van der Waals surface area contributed by atoms with E-state index in [2.05, 4.69) is 23.5 Å². The van der Waals surface area contributed by atoms with Gasteiger partial charge < -0.3 is 10.4 Å². The first-order valence-electron chi connectivity index (χ1n) is 8.08. The van der Waals surface area contributed by atoms with Crippen LogP contribution in [0.15, 0.2) is 54.6 Å². The summed E-state index contributed by atoms with van der Waals surface area (Å²) in [6, 6.07) is 17.9. The Kier molecular flexibility index (Phi) is 4.79. The topological polar surface area (TPSA) is 69.6 Å². The van der Waals surface area contributed by atoms with Crippen LogP contribution in [0.4, 0.5) is 10.5 Å². The Bertz CT molecular complexity index is 730. The van der Waals surface area contributed by atoms with Gasteiger partial charge in [0.1, 0.15) is 0 Å². The standard InChI is InChI=1S/C19H20N2O3/c22-18(23)11-6-12-20-19(24)21-13-16(14-7-2-1-3-8-14)15-9-4-5-10-17(15)21/h1-5,7-10,16H,6,11-13H2,(H,20,24)(H,22,23). The number of nitrogens with one attached hydrogen (secondary N) is 1. The molecule has 124 valence electrons. The number of hydrogen-bond donors (Lipinski definition) is 2. The normalized spacial score (nSPS) is 15.8. The first-order chi connectivity index (χ1) is 11.7. The number of nitrogens with zero attached hydrogens (tertiary/aromatic N) is 1. The van der Waals surface area contributed by atoms with Crippen LogP contribution < -0.4 is 10.2 Å². The molecule has 2 aromatic rings. The van der Waals surface area contributed by atoms with Gasteiger partial charge in [-0.05, 0) is 23.6 Å². The van der Waals surface area contributed by atoms with Crippen LogP contribution >= 0.6 is 0 Å². The fourth-order valence-electron chi connectivity index (χ4n) is 3.10. The van der Waals surface area contributed by atoms with Crippen molar-refractivity contribution >= 4 is 17.7 Å². The maximum Gasteiger partial charge on any atom is 0.321 e. The van der Waals surface area contributed by atoms with Crippen molar-refractivity contribution in [2.24, 2.45) is 0 Å². The van der Waals surface area contributed by atoms with Crippen molar-refractivity contribution in [3.05, 3.63) is 65.7 Å². The number of rotatable bonds is 5. The molecule has 2 N–H and O–H groups in total. The van der Waals surface area contributed by atoms with Gasteiger partial charge in [0.25, 0.3) is 0 Å². The molecule has 0 aromatic heterocycles. The molecular formula is C19H20N2O3. The lowest BCUT2D eigenvalue weighted by Gasteiger charge is -2.18. The molecule has 2 amide bonds. The minimum atomic E-state index is -0.847. The maximum atomic E-state index is 12.5. The summed E-state index contributed by atoms with van der Waals surface area (Å²) in [5.41, 5.74) is 3.25. The van der Waals surface area contributed by atoms with Crippen molar-refractivity contribution in [1.29, 1.82) is 0 Å². The van der Waals surface area contributed by atoms with E-state index >= 15 is 0 Å². The van der Waals surface area contributed by atoms with Crippen molar-refractivity contribution in [3.63, 3.8) is 0 Å². The highest BCUT2D eigenvalue weighted by molar-refractivity contribution is 5.95. The number of carbonyl (C=O) groups excluding carboxylic acids is 1. The number of carboxylic acid groups (broad SMARTS) is 1. The number of benzene rings is 2. The second-order valence-electron chi connectivity index (χ2n) is 5.86. The Morgan fingerprint density at radius 1 is 1.08 bits per heavy atom. The van der Waals surface area contributed by atoms with Crippen LogP contribution in [0.5, 0.6) is 0 Å². The van der Waals surface area contributed by atoms with E-state index in [1.54, 1.807) is 4.90 Å². The largest absolute Gasteiger partial charge is 0.481 e. The second-order valence-corrected chi connectivity index (χ2v) is 5.86. The average Bonchev–Trinajstić information content (AvgIpc) is 2.99. The zero-order valence-corrected chi connectivity index (χ0v) is 13.3. The van der Waals surface area contributed by atoms with E-state index in [0.29, 0.717) is 19.5 Å². The smallest absolute Gasteiger partial charge is 0.321 e. The van der Waals surface area contributed by atoms with E-state index in [9.17, 15) is 9.59 Å². The Morgan fingerprint density at radius 2 is 1.79 bits per heavy atom. The van der Waals surface area contributed by atoms with Crippen molar-refractivity contribution in [3.8, 4) is 0 Å². The van der Waals surface area contributed by atoms with E-state index in [1.165, 1.54) is 5.56 Å². The SMILES string of the molecule is O=C(O)CCCNC(=O)N1CC(c2ccccc2)c2ccccc21. The Balaban J connectivity index is 1.73. The van der Waals surface area contributed by atoms with Crippen LogP contribution in [0.25, 0.3) is 0 Å².